The van der Waals surface area contributed by atoms with Gasteiger partial charge in [-0.3, -0.25) is 4.90 Å². The lowest BCUT2D eigenvalue weighted by molar-refractivity contribution is -0.137. The van der Waals surface area contributed by atoms with Crippen molar-refractivity contribution < 1.29 is 13.2 Å². The van der Waals surface area contributed by atoms with E-state index in [1.807, 2.05) is 24.3 Å². The number of rotatable bonds is 5. The van der Waals surface area contributed by atoms with Crippen molar-refractivity contribution in [3.63, 3.8) is 0 Å². The first-order chi connectivity index (χ1) is 16.0. The number of aromatic amines is 1. The molecule has 0 bridgehead atoms. The third-order valence-corrected chi connectivity index (χ3v) is 6.32. The second-order valence-corrected chi connectivity index (χ2v) is 8.34. The molecular formula is C26H25F3N4. The Bertz CT molecular complexity index is 1230. The Morgan fingerprint density at radius 2 is 1.58 bits per heavy atom. The third kappa shape index (κ3) is 4.46. The number of benzene rings is 2. The van der Waals surface area contributed by atoms with Crippen LogP contribution in [-0.4, -0.2) is 47.6 Å². The summed E-state index contributed by atoms with van der Waals surface area (Å²) >= 11 is 0. The first-order valence-electron chi connectivity index (χ1n) is 11.2. The van der Waals surface area contributed by atoms with Gasteiger partial charge in [-0.1, -0.05) is 48.5 Å². The number of aromatic nitrogens is 2. The number of para-hydroxylation sites is 1. The molecule has 1 saturated heterocycles. The van der Waals surface area contributed by atoms with Gasteiger partial charge in [0.15, 0.2) is 0 Å². The first-order valence-corrected chi connectivity index (χ1v) is 11.2. The van der Waals surface area contributed by atoms with E-state index < -0.39 is 11.7 Å². The predicted octanol–water partition coefficient (Wildman–Crippen LogP) is 5.61. The zero-order valence-electron chi connectivity index (χ0n) is 18.1. The lowest BCUT2D eigenvalue weighted by Gasteiger charge is -2.36. The maximum atomic E-state index is 13.4. The van der Waals surface area contributed by atoms with E-state index in [-0.39, 0.29) is 5.82 Å². The molecular weight excluding hydrogens is 425 g/mol. The number of pyridine rings is 1. The molecule has 4 aromatic rings. The van der Waals surface area contributed by atoms with Crippen LogP contribution in [0.25, 0.3) is 22.2 Å². The Balaban J connectivity index is 1.30. The van der Waals surface area contributed by atoms with E-state index in [1.54, 1.807) is 4.90 Å². The molecule has 1 aliphatic heterocycles. The maximum Gasteiger partial charge on any atom is 0.419 e. The summed E-state index contributed by atoms with van der Waals surface area (Å²) in [5, 5.41) is 1.22. The fourth-order valence-electron chi connectivity index (χ4n) is 4.63. The zero-order valence-corrected chi connectivity index (χ0v) is 18.1. The number of anilines is 1. The number of piperazine rings is 1. The van der Waals surface area contributed by atoms with Gasteiger partial charge in [0.05, 0.1) is 5.56 Å². The average Bonchev–Trinajstić information content (AvgIpc) is 3.22. The second-order valence-electron chi connectivity index (χ2n) is 8.34. The van der Waals surface area contributed by atoms with Crippen LogP contribution in [0.4, 0.5) is 19.0 Å². The minimum absolute atomic E-state index is 0.0349. The maximum absolute atomic E-state index is 13.4. The van der Waals surface area contributed by atoms with Crippen LogP contribution < -0.4 is 4.90 Å². The summed E-state index contributed by atoms with van der Waals surface area (Å²) in [5.74, 6) is 0.0349. The molecule has 1 aliphatic rings. The molecule has 2 aromatic carbocycles. The van der Waals surface area contributed by atoms with E-state index in [0.717, 1.165) is 35.8 Å². The fourth-order valence-corrected chi connectivity index (χ4v) is 4.63. The summed E-state index contributed by atoms with van der Waals surface area (Å²) < 4.78 is 40.1. The first kappa shape index (κ1) is 21.5. The van der Waals surface area contributed by atoms with E-state index in [9.17, 15) is 13.2 Å². The van der Waals surface area contributed by atoms with Gasteiger partial charge in [-0.05, 0) is 35.7 Å². The van der Waals surface area contributed by atoms with Gasteiger partial charge < -0.3 is 9.88 Å². The molecule has 0 spiro atoms. The van der Waals surface area contributed by atoms with Crippen LogP contribution in [0, 0.1) is 0 Å². The van der Waals surface area contributed by atoms with Crippen molar-refractivity contribution in [2.45, 2.75) is 12.6 Å². The molecule has 33 heavy (non-hydrogen) atoms. The number of nitrogens with one attached hydrogen (secondary N) is 1. The molecule has 0 saturated carbocycles. The Morgan fingerprint density at radius 1 is 0.848 bits per heavy atom. The monoisotopic (exact) mass is 450 g/mol. The minimum Gasteiger partial charge on any atom is -0.354 e. The Morgan fingerprint density at radius 3 is 2.33 bits per heavy atom. The van der Waals surface area contributed by atoms with Crippen molar-refractivity contribution in [3.8, 4) is 11.3 Å². The highest BCUT2D eigenvalue weighted by Gasteiger charge is 2.36. The molecule has 170 valence electrons. The van der Waals surface area contributed by atoms with E-state index in [4.69, 9.17) is 0 Å². The van der Waals surface area contributed by atoms with Crippen LogP contribution in [0.15, 0.2) is 72.9 Å². The summed E-state index contributed by atoms with van der Waals surface area (Å²) in [7, 11) is 0. The molecule has 1 N–H and O–H groups in total. The van der Waals surface area contributed by atoms with E-state index in [2.05, 4.69) is 45.2 Å². The van der Waals surface area contributed by atoms with Gasteiger partial charge >= 0.3 is 6.18 Å². The summed E-state index contributed by atoms with van der Waals surface area (Å²) in [5.41, 5.74) is 4.03. The van der Waals surface area contributed by atoms with Gasteiger partial charge in [0.2, 0.25) is 0 Å². The molecule has 0 amide bonds. The lowest BCUT2D eigenvalue weighted by atomic mass is 10.0. The number of hydrogen-bond donors (Lipinski definition) is 1. The molecule has 3 heterocycles. The van der Waals surface area contributed by atoms with E-state index in [0.29, 0.717) is 26.2 Å². The summed E-state index contributed by atoms with van der Waals surface area (Å²) in [4.78, 5) is 11.7. The topological polar surface area (TPSA) is 35.2 Å². The lowest BCUT2D eigenvalue weighted by Crippen LogP contribution is -2.47. The number of H-pyrrole nitrogens is 1. The van der Waals surface area contributed by atoms with Gasteiger partial charge in [-0.15, -0.1) is 0 Å². The van der Waals surface area contributed by atoms with Gasteiger partial charge in [-0.25, -0.2) is 4.98 Å². The third-order valence-electron chi connectivity index (χ3n) is 6.32. The molecule has 5 rings (SSSR count). The normalized spacial score (nSPS) is 15.3. The van der Waals surface area contributed by atoms with Crippen molar-refractivity contribution in [2.75, 3.05) is 37.6 Å². The number of hydrogen-bond acceptors (Lipinski definition) is 3. The minimum atomic E-state index is -4.40. The molecule has 0 aliphatic carbocycles. The van der Waals surface area contributed by atoms with Gasteiger partial charge in [-0.2, -0.15) is 13.2 Å². The van der Waals surface area contributed by atoms with Crippen LogP contribution >= 0.6 is 0 Å². The number of nitrogens with zero attached hydrogens (tertiary/aromatic N) is 3. The summed E-state index contributed by atoms with van der Waals surface area (Å²) in [6.07, 6.45) is -2.10. The predicted molar refractivity (Wildman–Crippen MR) is 125 cm³/mol. The zero-order chi connectivity index (χ0) is 22.8. The van der Waals surface area contributed by atoms with Crippen LogP contribution in [-0.2, 0) is 12.6 Å². The molecule has 4 nitrogen and oxygen atoms in total. The number of fused-ring (bicyclic) bond motifs is 1. The Hall–Kier alpha value is -3.32. The van der Waals surface area contributed by atoms with E-state index in [1.165, 1.54) is 23.2 Å². The Kier molecular flexibility index (Phi) is 5.81. The highest BCUT2D eigenvalue weighted by Crippen LogP contribution is 2.35. The molecule has 0 atom stereocenters. The largest absolute Gasteiger partial charge is 0.419 e. The molecule has 1 fully saturated rings. The van der Waals surface area contributed by atoms with Gasteiger partial charge in [0, 0.05) is 55.5 Å². The molecule has 0 radical (unpaired) electrons. The number of halogens is 3. The molecule has 0 unspecified atom stereocenters. The molecule has 2 aromatic heterocycles. The highest BCUT2D eigenvalue weighted by molar-refractivity contribution is 5.90. The van der Waals surface area contributed by atoms with Gasteiger partial charge in [0.25, 0.3) is 0 Å². The van der Waals surface area contributed by atoms with Crippen molar-refractivity contribution in [2.24, 2.45) is 0 Å². The SMILES string of the molecule is FC(F)(F)c1cccnc1N1CCN(CCc2c(-c3ccccc3)[nH]c3ccccc23)CC1. The second kappa shape index (κ2) is 8.90. The van der Waals surface area contributed by atoms with Crippen molar-refractivity contribution >= 4 is 16.7 Å². The van der Waals surface area contributed by atoms with E-state index >= 15 is 0 Å². The van der Waals surface area contributed by atoms with Crippen molar-refractivity contribution in [1.82, 2.24) is 14.9 Å². The highest BCUT2D eigenvalue weighted by atomic mass is 19.4. The van der Waals surface area contributed by atoms with Crippen LogP contribution in [0.1, 0.15) is 11.1 Å². The van der Waals surface area contributed by atoms with Crippen LogP contribution in [0.2, 0.25) is 0 Å². The number of alkyl halides is 3. The quantitative estimate of drug-likeness (QED) is 0.429. The van der Waals surface area contributed by atoms with Crippen molar-refractivity contribution in [1.29, 1.82) is 0 Å². The molecule has 7 heteroatoms. The van der Waals surface area contributed by atoms with Crippen LogP contribution in [0.5, 0.6) is 0 Å². The Labute approximate surface area is 190 Å². The summed E-state index contributed by atoms with van der Waals surface area (Å²) in [6.45, 7) is 3.32. The standard InChI is InChI=1S/C26H25F3N4/c27-26(28,29)22-10-6-13-30-25(22)33-17-15-32(16-18-33)14-12-21-20-9-4-5-11-23(20)31-24(21)19-7-2-1-3-8-19/h1-11,13,31H,12,14-18H2. The van der Waals surface area contributed by atoms with Gasteiger partial charge in [0.1, 0.15) is 5.82 Å². The smallest absolute Gasteiger partial charge is 0.354 e. The average molecular weight is 451 g/mol. The van der Waals surface area contributed by atoms with Crippen molar-refractivity contribution in [3.05, 3.63) is 84.1 Å². The summed E-state index contributed by atoms with van der Waals surface area (Å²) in [6, 6.07) is 21.1. The van der Waals surface area contributed by atoms with Crippen LogP contribution in [0.3, 0.4) is 0 Å². The fraction of sp³-hybridized carbons (Fsp3) is 0.269.